The Hall–Kier alpha value is -3.20. The maximum absolute atomic E-state index is 13.0. The van der Waals surface area contributed by atoms with E-state index in [1.165, 1.54) is 6.08 Å². The Morgan fingerprint density at radius 3 is 2.47 bits per heavy atom. The molecule has 1 unspecified atom stereocenters. The van der Waals surface area contributed by atoms with Crippen molar-refractivity contribution in [3.63, 3.8) is 0 Å². The van der Waals surface area contributed by atoms with Gasteiger partial charge in [0.2, 0.25) is 11.8 Å². The molecule has 4 amide bonds. The molecule has 1 atom stereocenters. The molecule has 158 valence electrons. The minimum absolute atomic E-state index is 0.0867. The number of carbonyl (C=O) groups excluding carboxylic acids is 4. The van der Waals surface area contributed by atoms with Gasteiger partial charge in [-0.1, -0.05) is 12.1 Å². The van der Waals surface area contributed by atoms with Crippen LogP contribution in [0, 0.1) is 0 Å². The topological polar surface area (TPSA) is 114 Å². The molecule has 4 rings (SSSR count). The normalized spacial score (nSPS) is 23.8. The minimum atomic E-state index is -0.982. The quantitative estimate of drug-likeness (QED) is 0.670. The highest BCUT2D eigenvalue weighted by molar-refractivity contribution is 6.18. The summed E-state index contributed by atoms with van der Waals surface area (Å²) in [5.74, 6) is -1.43. The average Bonchev–Trinajstić information content (AvgIpc) is 3.02. The summed E-state index contributed by atoms with van der Waals surface area (Å²) in [7, 11) is 1.59. The third kappa shape index (κ3) is 3.56. The molecule has 1 aromatic rings. The molecule has 9 nitrogen and oxygen atoms in total. The number of nitrogens with zero attached hydrogens (tertiary/aromatic N) is 1. The summed E-state index contributed by atoms with van der Waals surface area (Å²) in [5, 5.41) is 5.48. The van der Waals surface area contributed by atoms with Crippen molar-refractivity contribution in [3.05, 3.63) is 41.6 Å². The predicted octanol–water partition coefficient (Wildman–Crippen LogP) is 0.348. The molecular weight excluding hydrogens is 390 g/mol. The molecule has 1 aromatic carbocycles. The highest BCUT2D eigenvalue weighted by Crippen LogP contribution is 2.35. The number of amides is 4. The molecule has 0 aromatic heterocycles. The van der Waals surface area contributed by atoms with Crippen molar-refractivity contribution in [1.29, 1.82) is 0 Å². The number of hydrogen-bond acceptors (Lipinski definition) is 7. The van der Waals surface area contributed by atoms with Gasteiger partial charge in [0.05, 0.1) is 12.6 Å². The van der Waals surface area contributed by atoms with E-state index in [9.17, 15) is 19.2 Å². The maximum atomic E-state index is 13.0. The summed E-state index contributed by atoms with van der Waals surface area (Å²) >= 11 is 0. The fourth-order valence-electron chi connectivity index (χ4n) is 4.17. The van der Waals surface area contributed by atoms with E-state index in [1.54, 1.807) is 7.11 Å². The lowest BCUT2D eigenvalue weighted by Gasteiger charge is -2.39. The van der Waals surface area contributed by atoms with Crippen LogP contribution in [0.4, 0.5) is 0 Å². The van der Waals surface area contributed by atoms with Crippen molar-refractivity contribution >= 4 is 23.6 Å². The summed E-state index contributed by atoms with van der Waals surface area (Å²) in [6.07, 6.45) is 2.66. The van der Waals surface area contributed by atoms with E-state index in [0.717, 1.165) is 16.2 Å². The number of methoxy groups -OCH3 is 1. The summed E-state index contributed by atoms with van der Waals surface area (Å²) in [5.41, 5.74) is 0.502. The standard InChI is InChI=1S/C21H23N3O6/c1-29-14-4-2-13(3-5-14)21(8-10-30-11-9-21)23-15-12-18(26)24(20(15)28)16-6-7-17(25)22-19(16)27/h2-5,12,16,23H,6-11H2,1H3,(H,22,25,27). The number of carbonyl (C=O) groups is 4. The fraction of sp³-hybridized carbons (Fsp3) is 0.429. The molecular formula is C21H23N3O6. The lowest BCUT2D eigenvalue weighted by molar-refractivity contribution is -0.150. The molecule has 2 fully saturated rings. The van der Waals surface area contributed by atoms with Crippen LogP contribution in [0.2, 0.25) is 0 Å². The van der Waals surface area contributed by atoms with Gasteiger partial charge in [0, 0.05) is 25.7 Å². The third-order valence-corrected chi connectivity index (χ3v) is 5.84. The summed E-state index contributed by atoms with van der Waals surface area (Å²) in [6.45, 7) is 1.01. The van der Waals surface area contributed by atoms with Gasteiger partial charge in [-0.25, -0.2) is 0 Å². The molecule has 0 saturated carbocycles. The first kappa shape index (κ1) is 20.1. The van der Waals surface area contributed by atoms with E-state index in [0.29, 0.717) is 26.1 Å². The Kier molecular flexibility index (Phi) is 5.29. The van der Waals surface area contributed by atoms with E-state index in [2.05, 4.69) is 10.6 Å². The van der Waals surface area contributed by atoms with Gasteiger partial charge in [0.25, 0.3) is 11.8 Å². The second-order valence-electron chi connectivity index (χ2n) is 7.59. The summed E-state index contributed by atoms with van der Waals surface area (Å²) in [4.78, 5) is 50.1. The molecule has 0 aliphatic carbocycles. The molecule has 3 aliphatic rings. The van der Waals surface area contributed by atoms with E-state index in [1.807, 2.05) is 24.3 Å². The van der Waals surface area contributed by atoms with E-state index < -0.39 is 35.2 Å². The average molecular weight is 413 g/mol. The van der Waals surface area contributed by atoms with Gasteiger partial charge < -0.3 is 14.8 Å². The molecule has 9 heteroatoms. The Morgan fingerprint density at radius 2 is 1.83 bits per heavy atom. The van der Waals surface area contributed by atoms with Gasteiger partial charge in [-0.05, 0) is 37.0 Å². The number of rotatable bonds is 5. The Balaban J connectivity index is 1.58. The highest BCUT2D eigenvalue weighted by atomic mass is 16.5. The van der Waals surface area contributed by atoms with Gasteiger partial charge in [-0.3, -0.25) is 29.4 Å². The monoisotopic (exact) mass is 413 g/mol. The summed E-state index contributed by atoms with van der Waals surface area (Å²) in [6, 6.07) is 6.57. The molecule has 2 N–H and O–H groups in total. The molecule has 2 saturated heterocycles. The summed E-state index contributed by atoms with van der Waals surface area (Å²) < 4.78 is 10.7. The first-order chi connectivity index (χ1) is 14.4. The second-order valence-corrected chi connectivity index (χ2v) is 7.59. The van der Waals surface area contributed by atoms with Crippen molar-refractivity contribution < 1.29 is 28.7 Å². The molecule has 3 heterocycles. The van der Waals surface area contributed by atoms with Crippen LogP contribution in [0.25, 0.3) is 0 Å². The lowest BCUT2D eigenvalue weighted by atomic mass is 9.82. The van der Waals surface area contributed by atoms with Crippen LogP contribution >= 0.6 is 0 Å². The zero-order valence-electron chi connectivity index (χ0n) is 16.6. The van der Waals surface area contributed by atoms with Crippen LogP contribution in [0.3, 0.4) is 0 Å². The Labute approximate surface area is 173 Å². The first-order valence-electron chi connectivity index (χ1n) is 9.87. The molecule has 30 heavy (non-hydrogen) atoms. The van der Waals surface area contributed by atoms with Crippen molar-refractivity contribution in [3.8, 4) is 5.75 Å². The van der Waals surface area contributed by atoms with Gasteiger partial charge in [0.1, 0.15) is 17.5 Å². The van der Waals surface area contributed by atoms with Gasteiger partial charge >= 0.3 is 0 Å². The van der Waals surface area contributed by atoms with E-state index in [-0.39, 0.29) is 18.5 Å². The zero-order chi connectivity index (χ0) is 21.3. The number of benzene rings is 1. The Morgan fingerprint density at radius 1 is 1.13 bits per heavy atom. The van der Waals surface area contributed by atoms with Crippen LogP contribution in [0.15, 0.2) is 36.0 Å². The van der Waals surface area contributed by atoms with Crippen LogP contribution in [0.5, 0.6) is 5.75 Å². The van der Waals surface area contributed by atoms with Crippen molar-refractivity contribution in [1.82, 2.24) is 15.5 Å². The van der Waals surface area contributed by atoms with Crippen LogP contribution in [-0.4, -0.2) is 54.9 Å². The molecule has 0 radical (unpaired) electrons. The maximum Gasteiger partial charge on any atom is 0.277 e. The predicted molar refractivity (Wildman–Crippen MR) is 104 cm³/mol. The third-order valence-electron chi connectivity index (χ3n) is 5.84. The van der Waals surface area contributed by atoms with Crippen molar-refractivity contribution in [2.75, 3.05) is 20.3 Å². The number of piperidine rings is 1. The number of ether oxygens (including phenoxy) is 2. The van der Waals surface area contributed by atoms with Crippen molar-refractivity contribution in [2.24, 2.45) is 0 Å². The van der Waals surface area contributed by atoms with E-state index in [4.69, 9.17) is 9.47 Å². The van der Waals surface area contributed by atoms with Gasteiger partial charge in [-0.15, -0.1) is 0 Å². The SMILES string of the molecule is COc1ccc(C2(NC3=CC(=O)N(C4CCC(=O)NC4=O)C3=O)CCOCC2)cc1. The lowest BCUT2D eigenvalue weighted by Crippen LogP contribution is -2.55. The molecule has 0 bridgehead atoms. The van der Waals surface area contributed by atoms with Crippen LogP contribution < -0.4 is 15.4 Å². The molecule has 3 aliphatic heterocycles. The first-order valence-corrected chi connectivity index (χ1v) is 9.87. The van der Waals surface area contributed by atoms with Gasteiger partial charge in [0.15, 0.2) is 0 Å². The number of hydrogen-bond donors (Lipinski definition) is 2. The largest absolute Gasteiger partial charge is 0.497 e. The van der Waals surface area contributed by atoms with Crippen molar-refractivity contribution in [2.45, 2.75) is 37.3 Å². The van der Waals surface area contributed by atoms with Crippen LogP contribution in [0.1, 0.15) is 31.2 Å². The number of nitrogens with one attached hydrogen (secondary N) is 2. The van der Waals surface area contributed by atoms with E-state index >= 15 is 0 Å². The van der Waals surface area contributed by atoms with Gasteiger partial charge in [-0.2, -0.15) is 0 Å². The highest BCUT2D eigenvalue weighted by Gasteiger charge is 2.45. The van der Waals surface area contributed by atoms with Crippen LogP contribution in [-0.2, 0) is 29.5 Å². The molecule has 0 spiro atoms. The zero-order valence-corrected chi connectivity index (χ0v) is 16.6. The smallest absolute Gasteiger partial charge is 0.277 e. The Bertz CT molecular complexity index is 917. The minimum Gasteiger partial charge on any atom is -0.497 e. The number of imide groups is 2. The second kappa shape index (κ2) is 7.91. The fourth-order valence-corrected chi connectivity index (χ4v) is 4.17.